The standard InChI is InChI=1S/C11H16BrNO2/c1-11(2,13-3)7-5-9(14)10(15-4)6-8(7)12/h5-6,13-14H,1-4H3. The monoisotopic (exact) mass is 273 g/mol. The van der Waals surface area contributed by atoms with Crippen LogP contribution in [0, 0.1) is 0 Å². The minimum atomic E-state index is -0.206. The zero-order chi connectivity index (χ0) is 11.6. The molecule has 0 radical (unpaired) electrons. The predicted octanol–water partition coefficient (Wildman–Crippen LogP) is 2.62. The van der Waals surface area contributed by atoms with Gasteiger partial charge in [-0.05, 0) is 38.6 Å². The molecule has 0 aliphatic rings. The number of ether oxygens (including phenoxy) is 1. The predicted molar refractivity (Wildman–Crippen MR) is 64.4 cm³/mol. The van der Waals surface area contributed by atoms with Gasteiger partial charge < -0.3 is 15.2 Å². The molecule has 84 valence electrons. The summed E-state index contributed by atoms with van der Waals surface area (Å²) in [5.41, 5.74) is 0.783. The summed E-state index contributed by atoms with van der Waals surface area (Å²) < 4.78 is 5.94. The molecule has 4 heteroatoms. The second kappa shape index (κ2) is 4.41. The molecular weight excluding hydrogens is 258 g/mol. The average molecular weight is 274 g/mol. The van der Waals surface area contributed by atoms with Crippen molar-refractivity contribution in [3.8, 4) is 11.5 Å². The van der Waals surface area contributed by atoms with E-state index in [9.17, 15) is 5.11 Å². The fraction of sp³-hybridized carbons (Fsp3) is 0.455. The molecule has 3 nitrogen and oxygen atoms in total. The fourth-order valence-corrected chi connectivity index (χ4v) is 2.14. The van der Waals surface area contributed by atoms with Gasteiger partial charge in [0.15, 0.2) is 11.5 Å². The summed E-state index contributed by atoms with van der Waals surface area (Å²) >= 11 is 3.47. The van der Waals surface area contributed by atoms with Crippen LogP contribution in [0.25, 0.3) is 0 Å². The largest absolute Gasteiger partial charge is 0.504 e. The molecule has 0 heterocycles. The molecule has 0 unspecified atom stereocenters. The third-order valence-corrected chi connectivity index (χ3v) is 3.22. The molecule has 0 spiro atoms. The van der Waals surface area contributed by atoms with Gasteiger partial charge in [-0.25, -0.2) is 0 Å². The molecule has 0 aliphatic carbocycles. The lowest BCUT2D eigenvalue weighted by Crippen LogP contribution is -2.33. The summed E-state index contributed by atoms with van der Waals surface area (Å²) in [6, 6.07) is 3.48. The van der Waals surface area contributed by atoms with Gasteiger partial charge in [0.25, 0.3) is 0 Å². The van der Waals surface area contributed by atoms with Gasteiger partial charge in [0.2, 0.25) is 0 Å². The van der Waals surface area contributed by atoms with Crippen LogP contribution in [0.1, 0.15) is 19.4 Å². The fourth-order valence-electron chi connectivity index (χ4n) is 1.32. The van der Waals surface area contributed by atoms with Gasteiger partial charge in [0.1, 0.15) is 0 Å². The van der Waals surface area contributed by atoms with Crippen LogP contribution in [0.2, 0.25) is 0 Å². The summed E-state index contributed by atoms with van der Waals surface area (Å²) in [4.78, 5) is 0. The first kappa shape index (κ1) is 12.3. The van der Waals surface area contributed by atoms with E-state index in [2.05, 4.69) is 21.2 Å². The maximum Gasteiger partial charge on any atom is 0.161 e. The number of aromatic hydroxyl groups is 1. The highest BCUT2D eigenvalue weighted by Crippen LogP contribution is 2.37. The molecular formula is C11H16BrNO2. The van der Waals surface area contributed by atoms with Gasteiger partial charge in [0, 0.05) is 10.0 Å². The van der Waals surface area contributed by atoms with Crippen LogP contribution in [0.5, 0.6) is 11.5 Å². The Bertz CT molecular complexity index is 364. The molecule has 0 saturated heterocycles. The lowest BCUT2D eigenvalue weighted by atomic mass is 9.94. The second-order valence-electron chi connectivity index (χ2n) is 3.88. The van der Waals surface area contributed by atoms with Crippen molar-refractivity contribution >= 4 is 15.9 Å². The molecule has 1 aromatic carbocycles. The molecule has 15 heavy (non-hydrogen) atoms. The summed E-state index contributed by atoms with van der Waals surface area (Å²) in [7, 11) is 3.41. The van der Waals surface area contributed by atoms with E-state index < -0.39 is 0 Å². The minimum Gasteiger partial charge on any atom is -0.504 e. The first-order valence-corrected chi connectivity index (χ1v) is 5.47. The summed E-state index contributed by atoms with van der Waals surface area (Å²) in [6.07, 6.45) is 0. The number of benzene rings is 1. The number of methoxy groups -OCH3 is 1. The van der Waals surface area contributed by atoms with Gasteiger partial charge in [-0.1, -0.05) is 15.9 Å². The molecule has 0 amide bonds. The number of rotatable bonds is 3. The van der Waals surface area contributed by atoms with Crippen LogP contribution in [0.4, 0.5) is 0 Å². The van der Waals surface area contributed by atoms with Crippen molar-refractivity contribution in [2.45, 2.75) is 19.4 Å². The summed E-state index contributed by atoms with van der Waals surface area (Å²) in [5, 5.41) is 12.9. The van der Waals surface area contributed by atoms with Gasteiger partial charge in [-0.2, -0.15) is 0 Å². The molecule has 0 aliphatic heterocycles. The van der Waals surface area contributed by atoms with Gasteiger partial charge in [-0.15, -0.1) is 0 Å². The highest BCUT2D eigenvalue weighted by atomic mass is 79.9. The highest BCUT2D eigenvalue weighted by molar-refractivity contribution is 9.10. The Hall–Kier alpha value is -0.740. The van der Waals surface area contributed by atoms with Crippen molar-refractivity contribution in [1.29, 1.82) is 0 Å². The zero-order valence-electron chi connectivity index (χ0n) is 9.39. The van der Waals surface area contributed by atoms with Crippen molar-refractivity contribution in [3.63, 3.8) is 0 Å². The van der Waals surface area contributed by atoms with E-state index >= 15 is 0 Å². The third-order valence-electron chi connectivity index (χ3n) is 2.57. The van der Waals surface area contributed by atoms with Crippen LogP contribution >= 0.6 is 15.9 Å². The lowest BCUT2D eigenvalue weighted by Gasteiger charge is -2.26. The lowest BCUT2D eigenvalue weighted by molar-refractivity contribution is 0.369. The Labute approximate surface area is 98.6 Å². The quantitative estimate of drug-likeness (QED) is 0.890. The topological polar surface area (TPSA) is 41.5 Å². The number of phenols is 1. The molecule has 0 bridgehead atoms. The van der Waals surface area contributed by atoms with Crippen LogP contribution in [-0.4, -0.2) is 19.3 Å². The summed E-state index contributed by atoms with van der Waals surface area (Å²) in [5.74, 6) is 0.622. The zero-order valence-corrected chi connectivity index (χ0v) is 11.0. The van der Waals surface area contributed by atoms with E-state index in [1.54, 1.807) is 12.1 Å². The molecule has 0 aromatic heterocycles. The van der Waals surface area contributed by atoms with E-state index in [0.29, 0.717) is 5.75 Å². The van der Waals surface area contributed by atoms with E-state index in [-0.39, 0.29) is 11.3 Å². The van der Waals surface area contributed by atoms with Gasteiger partial charge in [0.05, 0.1) is 7.11 Å². The number of nitrogens with one attached hydrogen (secondary N) is 1. The molecule has 2 N–H and O–H groups in total. The van der Waals surface area contributed by atoms with E-state index in [0.717, 1.165) is 10.0 Å². The first-order chi connectivity index (χ1) is 6.92. The van der Waals surface area contributed by atoms with Crippen LogP contribution in [0.15, 0.2) is 16.6 Å². The molecule has 0 saturated carbocycles. The van der Waals surface area contributed by atoms with Crippen molar-refractivity contribution in [1.82, 2.24) is 5.32 Å². The molecule has 1 aromatic rings. The molecule has 0 atom stereocenters. The Balaban J connectivity index is 3.28. The normalized spacial score (nSPS) is 11.5. The number of hydrogen-bond donors (Lipinski definition) is 2. The Morgan fingerprint density at radius 3 is 2.47 bits per heavy atom. The summed E-state index contributed by atoms with van der Waals surface area (Å²) in [6.45, 7) is 4.08. The van der Waals surface area contributed by atoms with Gasteiger partial charge >= 0.3 is 0 Å². The van der Waals surface area contributed by atoms with E-state index in [4.69, 9.17) is 4.74 Å². The maximum atomic E-state index is 9.70. The third kappa shape index (κ3) is 2.44. The highest BCUT2D eigenvalue weighted by Gasteiger charge is 2.22. The molecule has 0 fully saturated rings. The SMILES string of the molecule is CNC(C)(C)c1cc(O)c(OC)cc1Br. The first-order valence-electron chi connectivity index (χ1n) is 4.68. The second-order valence-corrected chi connectivity index (χ2v) is 4.73. The molecule has 1 rings (SSSR count). The number of phenolic OH excluding ortho intramolecular Hbond substituents is 1. The Morgan fingerprint density at radius 1 is 1.40 bits per heavy atom. The van der Waals surface area contributed by atoms with Gasteiger partial charge in [-0.3, -0.25) is 0 Å². The van der Waals surface area contributed by atoms with Crippen molar-refractivity contribution in [2.75, 3.05) is 14.2 Å². The van der Waals surface area contributed by atoms with Crippen molar-refractivity contribution in [2.24, 2.45) is 0 Å². The minimum absolute atomic E-state index is 0.152. The van der Waals surface area contributed by atoms with E-state index in [1.165, 1.54) is 7.11 Å². The average Bonchev–Trinajstić information content (AvgIpc) is 2.20. The Morgan fingerprint density at radius 2 is 2.00 bits per heavy atom. The van der Waals surface area contributed by atoms with E-state index in [1.807, 2.05) is 20.9 Å². The smallest absolute Gasteiger partial charge is 0.161 e. The number of hydrogen-bond acceptors (Lipinski definition) is 3. The van der Waals surface area contributed by atoms with Crippen molar-refractivity contribution < 1.29 is 9.84 Å². The van der Waals surface area contributed by atoms with Crippen LogP contribution in [-0.2, 0) is 5.54 Å². The number of halogens is 1. The Kier molecular flexibility index (Phi) is 3.62. The maximum absolute atomic E-state index is 9.70. The van der Waals surface area contributed by atoms with Crippen LogP contribution < -0.4 is 10.1 Å². The van der Waals surface area contributed by atoms with Crippen LogP contribution in [0.3, 0.4) is 0 Å². The van der Waals surface area contributed by atoms with Crippen molar-refractivity contribution in [3.05, 3.63) is 22.2 Å².